The summed E-state index contributed by atoms with van der Waals surface area (Å²) in [7, 11) is 0. The van der Waals surface area contributed by atoms with E-state index >= 15 is 0 Å². The zero-order valence-electron chi connectivity index (χ0n) is 10.4. The van der Waals surface area contributed by atoms with E-state index in [0.717, 1.165) is 17.8 Å². The zero-order valence-corrected chi connectivity index (χ0v) is 10.4. The average Bonchev–Trinajstić information content (AvgIpc) is 2.76. The van der Waals surface area contributed by atoms with Gasteiger partial charge in [-0.1, -0.05) is 19.3 Å². The van der Waals surface area contributed by atoms with Crippen molar-refractivity contribution in [2.24, 2.45) is 23.5 Å². The van der Waals surface area contributed by atoms with Crippen LogP contribution >= 0.6 is 0 Å². The zero-order chi connectivity index (χ0) is 11.0. The third-order valence-corrected chi connectivity index (χ3v) is 5.10. The van der Waals surface area contributed by atoms with Gasteiger partial charge in [0.15, 0.2) is 0 Å². The van der Waals surface area contributed by atoms with Crippen molar-refractivity contribution in [2.75, 3.05) is 19.6 Å². The fourth-order valence-corrected chi connectivity index (χ4v) is 4.33. The Morgan fingerprint density at radius 2 is 1.56 bits per heavy atom. The summed E-state index contributed by atoms with van der Waals surface area (Å²) in [6.45, 7) is 4.10. The summed E-state index contributed by atoms with van der Waals surface area (Å²) in [5, 5.41) is 0. The summed E-state index contributed by atoms with van der Waals surface area (Å²) in [6, 6.07) is 0.520. The molecule has 0 bridgehead atoms. The van der Waals surface area contributed by atoms with Crippen LogP contribution < -0.4 is 5.73 Å². The van der Waals surface area contributed by atoms with Gasteiger partial charge in [0.1, 0.15) is 0 Å². The molecule has 3 atom stereocenters. The van der Waals surface area contributed by atoms with E-state index in [0.29, 0.717) is 6.04 Å². The lowest BCUT2D eigenvalue weighted by molar-refractivity contribution is 0.220. The minimum atomic E-state index is 0.520. The molecule has 2 aliphatic carbocycles. The molecule has 3 rings (SSSR count). The van der Waals surface area contributed by atoms with Crippen LogP contribution in [0, 0.1) is 17.8 Å². The van der Waals surface area contributed by atoms with Gasteiger partial charge in [-0.3, -0.25) is 0 Å². The number of nitrogens with zero attached hydrogens (tertiary/aromatic N) is 1. The number of rotatable bonds is 2. The van der Waals surface area contributed by atoms with Gasteiger partial charge < -0.3 is 10.6 Å². The highest BCUT2D eigenvalue weighted by atomic mass is 15.2. The third-order valence-electron chi connectivity index (χ3n) is 5.10. The van der Waals surface area contributed by atoms with Crippen LogP contribution in [0.5, 0.6) is 0 Å². The molecular formula is C14H26N2. The standard InChI is InChI=1S/C14H26N2/c15-14-6-12-9-16(10-13(12)7-14)8-11-4-2-1-3-5-11/h11-14H,1-10,15H2/t12-,13?,14?/m0/s1. The molecule has 2 N–H and O–H groups in total. The first-order chi connectivity index (χ1) is 7.81. The highest BCUT2D eigenvalue weighted by molar-refractivity contribution is 4.94. The third kappa shape index (κ3) is 2.28. The first-order valence-electron chi connectivity index (χ1n) is 7.29. The average molecular weight is 222 g/mol. The van der Waals surface area contributed by atoms with Crippen LogP contribution in [0.3, 0.4) is 0 Å². The van der Waals surface area contributed by atoms with Crippen molar-refractivity contribution in [3.8, 4) is 0 Å². The Morgan fingerprint density at radius 3 is 2.19 bits per heavy atom. The molecule has 2 heteroatoms. The van der Waals surface area contributed by atoms with E-state index in [1.807, 2.05) is 0 Å². The largest absolute Gasteiger partial charge is 0.328 e. The van der Waals surface area contributed by atoms with Crippen LogP contribution in [0.4, 0.5) is 0 Å². The van der Waals surface area contributed by atoms with E-state index in [2.05, 4.69) is 4.90 Å². The van der Waals surface area contributed by atoms with Gasteiger partial charge in [0, 0.05) is 25.7 Å². The fourth-order valence-electron chi connectivity index (χ4n) is 4.33. The summed E-state index contributed by atoms with van der Waals surface area (Å²) >= 11 is 0. The van der Waals surface area contributed by atoms with Gasteiger partial charge in [-0.2, -0.15) is 0 Å². The molecule has 0 spiro atoms. The predicted octanol–water partition coefficient (Wildman–Crippen LogP) is 2.24. The van der Waals surface area contributed by atoms with Crippen LogP contribution in [-0.4, -0.2) is 30.6 Å². The van der Waals surface area contributed by atoms with E-state index in [4.69, 9.17) is 5.73 Å². The van der Waals surface area contributed by atoms with Crippen molar-refractivity contribution in [3.63, 3.8) is 0 Å². The van der Waals surface area contributed by atoms with Gasteiger partial charge in [-0.15, -0.1) is 0 Å². The summed E-state index contributed by atoms with van der Waals surface area (Å²) in [5.74, 6) is 2.90. The number of likely N-dealkylation sites (tertiary alicyclic amines) is 1. The molecule has 2 unspecified atom stereocenters. The van der Waals surface area contributed by atoms with Crippen LogP contribution in [0.25, 0.3) is 0 Å². The van der Waals surface area contributed by atoms with E-state index in [-0.39, 0.29) is 0 Å². The highest BCUT2D eigenvalue weighted by Crippen LogP contribution is 2.38. The second-order valence-corrected chi connectivity index (χ2v) is 6.47. The second-order valence-electron chi connectivity index (χ2n) is 6.47. The summed E-state index contributed by atoms with van der Waals surface area (Å²) in [4.78, 5) is 2.75. The monoisotopic (exact) mass is 222 g/mol. The summed E-state index contributed by atoms with van der Waals surface area (Å²) < 4.78 is 0. The quantitative estimate of drug-likeness (QED) is 0.776. The Bertz CT molecular complexity index is 221. The first kappa shape index (κ1) is 11.0. The Hall–Kier alpha value is -0.0800. The number of nitrogens with two attached hydrogens (primary N) is 1. The van der Waals surface area contributed by atoms with Crippen molar-refractivity contribution < 1.29 is 0 Å². The molecule has 2 saturated carbocycles. The second kappa shape index (κ2) is 4.66. The number of hydrogen-bond donors (Lipinski definition) is 1. The molecule has 92 valence electrons. The van der Waals surface area contributed by atoms with Crippen molar-refractivity contribution in [1.82, 2.24) is 4.90 Å². The molecule has 3 fully saturated rings. The van der Waals surface area contributed by atoms with Crippen molar-refractivity contribution in [3.05, 3.63) is 0 Å². The molecule has 0 aromatic rings. The normalized spacial score (nSPS) is 41.4. The lowest BCUT2D eigenvalue weighted by Gasteiger charge is -2.27. The van der Waals surface area contributed by atoms with Crippen LogP contribution in [0.15, 0.2) is 0 Å². The lowest BCUT2D eigenvalue weighted by atomic mass is 9.89. The van der Waals surface area contributed by atoms with Gasteiger partial charge in [0.2, 0.25) is 0 Å². The van der Waals surface area contributed by atoms with Gasteiger partial charge in [0.05, 0.1) is 0 Å². The van der Waals surface area contributed by atoms with E-state index < -0.39 is 0 Å². The van der Waals surface area contributed by atoms with Gasteiger partial charge in [-0.25, -0.2) is 0 Å². The number of hydrogen-bond acceptors (Lipinski definition) is 2. The maximum atomic E-state index is 6.04. The van der Waals surface area contributed by atoms with Crippen LogP contribution in [0.2, 0.25) is 0 Å². The SMILES string of the molecule is NC1CC2CN(CC3CCCCC3)C[C@@H]2C1. The molecule has 2 nitrogen and oxygen atoms in total. The first-order valence-corrected chi connectivity index (χ1v) is 7.29. The van der Waals surface area contributed by atoms with Gasteiger partial charge >= 0.3 is 0 Å². The maximum absolute atomic E-state index is 6.04. The van der Waals surface area contributed by atoms with Gasteiger partial charge in [-0.05, 0) is 43.4 Å². The molecular weight excluding hydrogens is 196 g/mol. The van der Waals surface area contributed by atoms with E-state index in [9.17, 15) is 0 Å². The Kier molecular flexibility index (Phi) is 3.21. The molecule has 1 aliphatic heterocycles. The van der Waals surface area contributed by atoms with Crippen LogP contribution in [0.1, 0.15) is 44.9 Å². The van der Waals surface area contributed by atoms with E-state index in [1.165, 1.54) is 64.6 Å². The molecule has 3 aliphatic rings. The van der Waals surface area contributed by atoms with Crippen molar-refractivity contribution in [1.29, 1.82) is 0 Å². The van der Waals surface area contributed by atoms with Crippen molar-refractivity contribution >= 4 is 0 Å². The predicted molar refractivity (Wildman–Crippen MR) is 67.2 cm³/mol. The molecule has 0 aromatic heterocycles. The Balaban J connectivity index is 1.47. The minimum absolute atomic E-state index is 0.520. The molecule has 1 saturated heterocycles. The van der Waals surface area contributed by atoms with Crippen LogP contribution in [-0.2, 0) is 0 Å². The van der Waals surface area contributed by atoms with E-state index in [1.54, 1.807) is 0 Å². The maximum Gasteiger partial charge on any atom is 0.00452 e. The summed E-state index contributed by atoms with van der Waals surface area (Å²) in [5.41, 5.74) is 6.04. The molecule has 16 heavy (non-hydrogen) atoms. The molecule has 0 aromatic carbocycles. The Labute approximate surface area is 99.6 Å². The number of fused-ring (bicyclic) bond motifs is 1. The topological polar surface area (TPSA) is 29.3 Å². The fraction of sp³-hybridized carbons (Fsp3) is 1.00. The molecule has 0 radical (unpaired) electrons. The van der Waals surface area contributed by atoms with Crippen molar-refractivity contribution in [2.45, 2.75) is 51.0 Å². The lowest BCUT2D eigenvalue weighted by Crippen LogP contribution is -2.30. The summed E-state index contributed by atoms with van der Waals surface area (Å²) in [6.07, 6.45) is 10.0. The van der Waals surface area contributed by atoms with Gasteiger partial charge in [0.25, 0.3) is 0 Å². The Morgan fingerprint density at radius 1 is 0.938 bits per heavy atom. The molecule has 1 heterocycles. The smallest absolute Gasteiger partial charge is 0.00452 e. The minimum Gasteiger partial charge on any atom is -0.328 e. The molecule has 0 amide bonds. The highest BCUT2D eigenvalue weighted by Gasteiger charge is 2.39.